The third-order valence-corrected chi connectivity index (χ3v) is 4.16. The number of carbonyl (C=O) groups excluding carboxylic acids is 1. The van der Waals surface area contributed by atoms with E-state index in [1.165, 1.54) is 5.56 Å². The van der Waals surface area contributed by atoms with Crippen molar-refractivity contribution >= 4 is 5.91 Å². The van der Waals surface area contributed by atoms with Crippen LogP contribution in [0.25, 0.3) is 0 Å². The molecule has 1 amide bonds. The maximum absolute atomic E-state index is 12.1. The number of aliphatic hydroxyl groups excluding tert-OH is 1. The van der Waals surface area contributed by atoms with Crippen LogP contribution in [-0.2, 0) is 17.9 Å². The number of nitrogens with zero attached hydrogens (tertiary/aromatic N) is 2. The van der Waals surface area contributed by atoms with E-state index >= 15 is 0 Å². The first kappa shape index (κ1) is 15.7. The van der Waals surface area contributed by atoms with Crippen LogP contribution >= 0.6 is 0 Å². The van der Waals surface area contributed by atoms with Gasteiger partial charge in [0.25, 0.3) is 0 Å². The van der Waals surface area contributed by atoms with Crippen LogP contribution < -0.4 is 10.6 Å². The zero-order valence-corrected chi connectivity index (χ0v) is 13.2. The average Bonchev–Trinajstić information content (AvgIpc) is 3.15. The van der Waals surface area contributed by atoms with E-state index < -0.39 is 6.10 Å². The highest BCUT2D eigenvalue weighted by Crippen LogP contribution is 2.10. The number of aromatic nitrogens is 2. The van der Waals surface area contributed by atoms with Crippen LogP contribution in [0.5, 0.6) is 0 Å². The van der Waals surface area contributed by atoms with E-state index in [2.05, 4.69) is 32.3 Å². The van der Waals surface area contributed by atoms with Crippen molar-refractivity contribution < 1.29 is 9.90 Å². The Kier molecular flexibility index (Phi) is 4.73. The molecule has 122 valence electrons. The molecule has 0 bridgehead atoms. The van der Waals surface area contributed by atoms with E-state index in [0.29, 0.717) is 19.5 Å². The Morgan fingerprint density at radius 3 is 3.00 bits per heavy atom. The zero-order chi connectivity index (χ0) is 16.2. The van der Waals surface area contributed by atoms with Crippen LogP contribution in [-0.4, -0.2) is 39.3 Å². The second-order valence-corrected chi connectivity index (χ2v) is 5.99. The van der Waals surface area contributed by atoms with Crippen molar-refractivity contribution in [1.82, 2.24) is 20.2 Å². The molecule has 0 aliphatic carbocycles. The number of rotatable bonds is 5. The van der Waals surface area contributed by atoms with Gasteiger partial charge in [-0.2, -0.15) is 0 Å². The minimum absolute atomic E-state index is 0.0580. The van der Waals surface area contributed by atoms with Gasteiger partial charge in [-0.25, -0.2) is 4.98 Å². The molecule has 1 saturated heterocycles. The summed E-state index contributed by atoms with van der Waals surface area (Å²) in [6.07, 6.45) is 3.81. The highest BCUT2D eigenvalue weighted by atomic mass is 16.3. The molecular weight excluding hydrogens is 292 g/mol. The summed E-state index contributed by atoms with van der Waals surface area (Å²) in [5.41, 5.74) is 2.24. The minimum Gasteiger partial charge on any atom is -0.392 e. The van der Waals surface area contributed by atoms with E-state index in [0.717, 1.165) is 17.9 Å². The summed E-state index contributed by atoms with van der Waals surface area (Å²) in [4.78, 5) is 16.3. The minimum atomic E-state index is -0.424. The van der Waals surface area contributed by atoms with Crippen LogP contribution in [0.2, 0.25) is 0 Å². The molecule has 6 nitrogen and oxygen atoms in total. The lowest BCUT2D eigenvalue weighted by atomic mass is 10.1. The Morgan fingerprint density at radius 1 is 1.48 bits per heavy atom. The zero-order valence-electron chi connectivity index (χ0n) is 13.2. The Balaban J connectivity index is 1.57. The quantitative estimate of drug-likeness (QED) is 0.754. The van der Waals surface area contributed by atoms with Gasteiger partial charge in [0, 0.05) is 32.0 Å². The predicted molar refractivity (Wildman–Crippen MR) is 86.8 cm³/mol. The van der Waals surface area contributed by atoms with Crippen molar-refractivity contribution in [2.75, 3.05) is 6.54 Å². The largest absolute Gasteiger partial charge is 0.392 e. The van der Waals surface area contributed by atoms with E-state index in [9.17, 15) is 9.90 Å². The Morgan fingerprint density at radius 2 is 2.30 bits per heavy atom. The maximum Gasteiger partial charge on any atom is 0.237 e. The van der Waals surface area contributed by atoms with Crippen molar-refractivity contribution in [3.05, 3.63) is 53.6 Å². The average molecular weight is 314 g/mol. The Hall–Kier alpha value is -2.18. The van der Waals surface area contributed by atoms with Crippen LogP contribution in [0.15, 0.2) is 36.7 Å². The number of amides is 1. The van der Waals surface area contributed by atoms with Crippen molar-refractivity contribution in [1.29, 1.82) is 0 Å². The number of nitrogens with one attached hydrogen (secondary N) is 2. The van der Waals surface area contributed by atoms with Crippen LogP contribution in [0, 0.1) is 6.92 Å². The lowest BCUT2D eigenvalue weighted by molar-refractivity contribution is -0.123. The number of β-amino-alcohol motifs (C(OH)–C–C–N with tert-alkyl or cyclic N) is 1. The monoisotopic (exact) mass is 314 g/mol. The fourth-order valence-corrected chi connectivity index (χ4v) is 2.83. The number of imidazole rings is 1. The Bertz CT molecular complexity index is 683. The standard InChI is InChI=1S/C17H22N4O2/c1-12-18-5-6-21(12)11-14-4-2-3-13(7-14)9-20-17(23)16-8-15(22)10-19-16/h2-7,15-16,19,22H,8-11H2,1H3,(H,20,23)/t15-,16+/m0/s1. The fourth-order valence-electron chi connectivity index (χ4n) is 2.83. The molecule has 23 heavy (non-hydrogen) atoms. The van der Waals surface area contributed by atoms with Gasteiger partial charge >= 0.3 is 0 Å². The van der Waals surface area contributed by atoms with E-state index in [4.69, 9.17) is 0 Å². The molecule has 1 aliphatic rings. The number of benzene rings is 1. The van der Waals surface area contributed by atoms with Gasteiger partial charge in [-0.1, -0.05) is 24.3 Å². The van der Waals surface area contributed by atoms with Gasteiger partial charge in [0.2, 0.25) is 5.91 Å². The molecular formula is C17H22N4O2. The third-order valence-electron chi connectivity index (χ3n) is 4.16. The topological polar surface area (TPSA) is 79.2 Å². The summed E-state index contributed by atoms with van der Waals surface area (Å²) in [5, 5.41) is 15.4. The highest BCUT2D eigenvalue weighted by molar-refractivity contribution is 5.82. The second-order valence-electron chi connectivity index (χ2n) is 5.99. The number of carbonyl (C=O) groups is 1. The normalized spacial score (nSPS) is 20.6. The van der Waals surface area contributed by atoms with Gasteiger partial charge in [0.05, 0.1) is 12.1 Å². The molecule has 2 atom stereocenters. The first-order valence-electron chi connectivity index (χ1n) is 7.86. The molecule has 2 aromatic rings. The smallest absolute Gasteiger partial charge is 0.237 e. The molecule has 0 radical (unpaired) electrons. The molecule has 3 rings (SSSR count). The second kappa shape index (κ2) is 6.93. The maximum atomic E-state index is 12.1. The van der Waals surface area contributed by atoms with Crippen LogP contribution in [0.4, 0.5) is 0 Å². The van der Waals surface area contributed by atoms with E-state index in [1.807, 2.05) is 25.3 Å². The summed E-state index contributed by atoms with van der Waals surface area (Å²) < 4.78 is 2.08. The predicted octanol–water partition coefficient (Wildman–Crippen LogP) is 0.579. The fraction of sp³-hybridized carbons (Fsp3) is 0.412. The number of aliphatic hydroxyl groups is 1. The Labute approximate surface area is 135 Å². The van der Waals surface area contributed by atoms with Crippen molar-refractivity contribution in [3.8, 4) is 0 Å². The molecule has 0 spiro atoms. The summed E-state index contributed by atoms with van der Waals surface area (Å²) >= 11 is 0. The molecule has 1 aromatic carbocycles. The molecule has 0 saturated carbocycles. The van der Waals surface area contributed by atoms with Crippen molar-refractivity contribution in [3.63, 3.8) is 0 Å². The van der Waals surface area contributed by atoms with Crippen molar-refractivity contribution in [2.24, 2.45) is 0 Å². The summed E-state index contributed by atoms with van der Waals surface area (Å²) in [6.45, 7) is 3.72. The van der Waals surface area contributed by atoms with Crippen LogP contribution in [0.1, 0.15) is 23.4 Å². The first-order valence-corrected chi connectivity index (χ1v) is 7.86. The molecule has 1 aromatic heterocycles. The summed E-state index contributed by atoms with van der Waals surface area (Å²) in [7, 11) is 0. The van der Waals surface area contributed by atoms with Crippen LogP contribution in [0.3, 0.4) is 0 Å². The lowest BCUT2D eigenvalue weighted by Crippen LogP contribution is -2.40. The van der Waals surface area contributed by atoms with Crippen molar-refractivity contribution in [2.45, 2.75) is 38.6 Å². The molecule has 2 heterocycles. The highest BCUT2D eigenvalue weighted by Gasteiger charge is 2.27. The number of hydrogen-bond acceptors (Lipinski definition) is 4. The third kappa shape index (κ3) is 3.97. The van der Waals surface area contributed by atoms with Gasteiger partial charge in [-0.15, -0.1) is 0 Å². The van der Waals surface area contributed by atoms with Gasteiger partial charge in [0.15, 0.2) is 0 Å². The van der Waals surface area contributed by atoms with Gasteiger partial charge in [-0.05, 0) is 24.5 Å². The summed E-state index contributed by atoms with van der Waals surface area (Å²) in [6, 6.07) is 7.88. The number of hydrogen-bond donors (Lipinski definition) is 3. The first-order chi connectivity index (χ1) is 11.1. The molecule has 6 heteroatoms. The SMILES string of the molecule is Cc1nccn1Cc1cccc(CNC(=O)[C@H]2C[C@H](O)CN2)c1. The van der Waals surface area contributed by atoms with Gasteiger partial charge in [0.1, 0.15) is 5.82 Å². The molecule has 1 aliphatic heterocycles. The molecule has 3 N–H and O–H groups in total. The number of aryl methyl sites for hydroxylation is 1. The summed E-state index contributed by atoms with van der Waals surface area (Å²) in [5.74, 6) is 0.923. The van der Waals surface area contributed by atoms with E-state index in [1.54, 1.807) is 6.20 Å². The lowest BCUT2D eigenvalue weighted by Gasteiger charge is -2.12. The van der Waals surface area contributed by atoms with E-state index in [-0.39, 0.29) is 11.9 Å². The molecule has 1 fully saturated rings. The van der Waals surface area contributed by atoms with Gasteiger partial charge in [-0.3, -0.25) is 4.79 Å². The molecule has 0 unspecified atom stereocenters. The van der Waals surface area contributed by atoms with Gasteiger partial charge < -0.3 is 20.3 Å².